The zero-order chi connectivity index (χ0) is 18.0. The molecule has 0 unspecified atom stereocenters. The van der Waals surface area contributed by atoms with E-state index in [-0.39, 0.29) is 34.6 Å². The van der Waals surface area contributed by atoms with Crippen LogP contribution in [0.1, 0.15) is 71.6 Å². The van der Waals surface area contributed by atoms with Gasteiger partial charge < -0.3 is 15.3 Å². The molecule has 0 aromatic carbocycles. The Morgan fingerprint density at radius 3 is 2.48 bits per heavy atom. The van der Waals surface area contributed by atoms with Crippen LogP contribution in [-0.2, 0) is 4.79 Å². The molecular formula is C21H34O4. The van der Waals surface area contributed by atoms with E-state index in [1.54, 1.807) is 0 Å². The van der Waals surface area contributed by atoms with Gasteiger partial charge in [-0.25, -0.2) is 0 Å². The first-order valence-corrected chi connectivity index (χ1v) is 10.3. The Hall–Kier alpha value is -0.450. The first-order valence-electron chi connectivity index (χ1n) is 10.3. The zero-order valence-corrected chi connectivity index (χ0v) is 15.7. The second-order valence-electron chi connectivity index (χ2n) is 10.0. The molecule has 4 heteroatoms. The van der Waals surface area contributed by atoms with Gasteiger partial charge in [-0.3, -0.25) is 4.79 Å². The summed E-state index contributed by atoms with van der Waals surface area (Å²) in [5.41, 5.74) is -0.931. The lowest BCUT2D eigenvalue weighted by Crippen LogP contribution is -2.62. The predicted molar refractivity (Wildman–Crippen MR) is 94.8 cm³/mol. The smallest absolute Gasteiger partial charge is 0.161 e. The molecule has 3 N–H and O–H groups in total. The average molecular weight is 350 g/mol. The fourth-order valence-electron chi connectivity index (χ4n) is 7.83. The van der Waals surface area contributed by atoms with Gasteiger partial charge in [0, 0.05) is 11.3 Å². The van der Waals surface area contributed by atoms with Crippen LogP contribution in [0.15, 0.2) is 0 Å². The number of Topliss-reactive ketones (excluding diaryl/α,β-unsaturated/α-hetero) is 1. The van der Waals surface area contributed by atoms with Crippen LogP contribution in [0.4, 0.5) is 0 Å². The molecule has 4 nitrogen and oxygen atoms in total. The number of carbonyl (C=O) groups is 1. The number of rotatable bonds is 2. The minimum atomic E-state index is -0.768. The topological polar surface area (TPSA) is 77.8 Å². The molecule has 0 saturated heterocycles. The molecule has 0 aliphatic heterocycles. The third-order valence-electron chi connectivity index (χ3n) is 9.37. The Balaban J connectivity index is 1.66. The largest absolute Gasteiger partial charge is 0.393 e. The van der Waals surface area contributed by atoms with Crippen LogP contribution < -0.4 is 0 Å². The Labute approximate surface area is 151 Å². The highest BCUT2D eigenvalue weighted by molar-refractivity contribution is 5.83. The summed E-state index contributed by atoms with van der Waals surface area (Å²) < 4.78 is 0. The molecule has 0 amide bonds. The van der Waals surface area contributed by atoms with Crippen molar-refractivity contribution in [3.05, 3.63) is 0 Å². The van der Waals surface area contributed by atoms with Crippen molar-refractivity contribution < 1.29 is 20.1 Å². The molecule has 0 spiro atoms. The highest BCUT2D eigenvalue weighted by Gasteiger charge is 2.68. The summed E-state index contributed by atoms with van der Waals surface area (Å²) in [4.78, 5) is 12.3. The van der Waals surface area contributed by atoms with E-state index in [0.29, 0.717) is 24.7 Å². The minimum absolute atomic E-state index is 0.0856. The number of aliphatic hydroxyl groups excluding tert-OH is 2. The van der Waals surface area contributed by atoms with Crippen molar-refractivity contribution in [2.24, 2.45) is 34.5 Å². The molecule has 142 valence electrons. The summed E-state index contributed by atoms with van der Waals surface area (Å²) >= 11 is 0. The molecule has 0 aromatic rings. The summed E-state index contributed by atoms with van der Waals surface area (Å²) in [6.07, 6.45) is 8.19. The summed E-state index contributed by atoms with van der Waals surface area (Å²) in [6, 6.07) is 0. The van der Waals surface area contributed by atoms with E-state index in [0.717, 1.165) is 44.9 Å². The highest BCUT2D eigenvalue weighted by atomic mass is 16.3. The van der Waals surface area contributed by atoms with Gasteiger partial charge in [0.05, 0.1) is 11.7 Å². The lowest BCUT2D eigenvalue weighted by atomic mass is 9.43. The fraction of sp³-hybridized carbons (Fsp3) is 0.952. The van der Waals surface area contributed by atoms with Crippen LogP contribution in [0.2, 0.25) is 0 Å². The first-order chi connectivity index (χ1) is 11.8. The van der Waals surface area contributed by atoms with Crippen LogP contribution in [0.3, 0.4) is 0 Å². The van der Waals surface area contributed by atoms with E-state index >= 15 is 0 Å². The molecule has 0 bridgehead atoms. The second kappa shape index (κ2) is 5.77. The van der Waals surface area contributed by atoms with E-state index in [9.17, 15) is 20.1 Å². The van der Waals surface area contributed by atoms with Crippen LogP contribution in [-0.4, -0.2) is 39.4 Å². The van der Waals surface area contributed by atoms with E-state index < -0.39 is 12.2 Å². The lowest BCUT2D eigenvalue weighted by Gasteiger charge is -2.63. The van der Waals surface area contributed by atoms with Crippen molar-refractivity contribution in [1.82, 2.24) is 0 Å². The Morgan fingerprint density at radius 1 is 1.00 bits per heavy atom. The van der Waals surface area contributed by atoms with Crippen LogP contribution in [0, 0.1) is 34.5 Å². The van der Waals surface area contributed by atoms with Gasteiger partial charge in [-0.05, 0) is 81.0 Å². The van der Waals surface area contributed by atoms with Gasteiger partial charge in [0.25, 0.3) is 0 Å². The van der Waals surface area contributed by atoms with Gasteiger partial charge >= 0.3 is 0 Å². The molecule has 0 aromatic heterocycles. The molecular weight excluding hydrogens is 316 g/mol. The molecule has 25 heavy (non-hydrogen) atoms. The summed E-state index contributed by atoms with van der Waals surface area (Å²) in [6.45, 7) is 4.10. The predicted octanol–water partition coefficient (Wildman–Crippen LogP) is 2.68. The highest BCUT2D eigenvalue weighted by Crippen LogP contribution is 2.69. The summed E-state index contributed by atoms with van der Waals surface area (Å²) in [5.74, 6) is 1.06. The Morgan fingerprint density at radius 2 is 1.76 bits per heavy atom. The number of fused-ring (bicyclic) bond motifs is 5. The monoisotopic (exact) mass is 350 g/mol. The number of ketones is 1. The van der Waals surface area contributed by atoms with E-state index in [1.807, 2.05) is 0 Å². The third kappa shape index (κ3) is 2.26. The number of carbonyl (C=O) groups excluding carboxylic acids is 1. The molecule has 0 radical (unpaired) electrons. The fourth-order valence-corrected chi connectivity index (χ4v) is 7.83. The average Bonchev–Trinajstić information content (AvgIpc) is 2.86. The van der Waals surface area contributed by atoms with E-state index in [4.69, 9.17) is 0 Å². The molecule has 4 aliphatic carbocycles. The van der Waals surface area contributed by atoms with Crippen molar-refractivity contribution in [3.63, 3.8) is 0 Å². The standard InChI is InChI=1S/C21H34O4/c1-19-8-5-14(23)11-13(19)3-4-16-15(19)6-9-20(2)17(18(24)12-22)7-10-21(16,20)25/h13-17,22-23,25H,3-12H2,1-2H3/t13-,14-,15-,16+,17+,19-,20+,21-/m0/s1. The SMILES string of the molecule is C[C@]12CC[C@H](O)C[C@@H]1CC[C@@H]1[C@@H]2CC[C@]2(C)[C@@H](C(=O)CO)CC[C@]12O. The number of hydrogen-bond donors (Lipinski definition) is 3. The quantitative estimate of drug-likeness (QED) is 0.715. The maximum atomic E-state index is 12.3. The summed E-state index contributed by atoms with van der Waals surface area (Å²) in [7, 11) is 0. The van der Waals surface area contributed by atoms with Gasteiger partial charge in [0.15, 0.2) is 5.78 Å². The maximum Gasteiger partial charge on any atom is 0.161 e. The second-order valence-corrected chi connectivity index (χ2v) is 10.0. The van der Waals surface area contributed by atoms with Gasteiger partial charge in [-0.15, -0.1) is 0 Å². The molecule has 0 heterocycles. The van der Waals surface area contributed by atoms with Crippen molar-refractivity contribution in [2.45, 2.75) is 83.3 Å². The normalized spacial score (nSPS) is 55.2. The van der Waals surface area contributed by atoms with Crippen LogP contribution >= 0.6 is 0 Å². The lowest BCUT2D eigenvalue weighted by molar-refractivity contribution is -0.210. The first kappa shape index (κ1) is 17.9. The number of aliphatic hydroxyl groups is 3. The number of hydrogen-bond acceptors (Lipinski definition) is 4. The van der Waals surface area contributed by atoms with Crippen molar-refractivity contribution in [3.8, 4) is 0 Å². The van der Waals surface area contributed by atoms with Crippen LogP contribution in [0.25, 0.3) is 0 Å². The van der Waals surface area contributed by atoms with Gasteiger partial charge in [-0.1, -0.05) is 13.8 Å². The van der Waals surface area contributed by atoms with Crippen molar-refractivity contribution in [2.75, 3.05) is 6.61 Å². The van der Waals surface area contributed by atoms with Crippen molar-refractivity contribution in [1.29, 1.82) is 0 Å². The molecule has 4 rings (SSSR count). The molecule has 8 atom stereocenters. The minimum Gasteiger partial charge on any atom is -0.393 e. The maximum absolute atomic E-state index is 12.3. The van der Waals surface area contributed by atoms with Gasteiger partial charge in [0.1, 0.15) is 6.61 Å². The van der Waals surface area contributed by atoms with Gasteiger partial charge in [-0.2, -0.15) is 0 Å². The van der Waals surface area contributed by atoms with E-state index in [2.05, 4.69) is 13.8 Å². The van der Waals surface area contributed by atoms with Gasteiger partial charge in [0.2, 0.25) is 0 Å². The van der Waals surface area contributed by atoms with Crippen molar-refractivity contribution >= 4 is 5.78 Å². The zero-order valence-electron chi connectivity index (χ0n) is 15.7. The Bertz CT molecular complexity index is 562. The molecule has 4 saturated carbocycles. The Kier molecular flexibility index (Phi) is 4.14. The molecule has 4 fully saturated rings. The van der Waals surface area contributed by atoms with Crippen LogP contribution in [0.5, 0.6) is 0 Å². The van der Waals surface area contributed by atoms with E-state index in [1.165, 1.54) is 0 Å². The molecule has 4 aliphatic rings. The third-order valence-corrected chi connectivity index (χ3v) is 9.37. The summed E-state index contributed by atoms with van der Waals surface area (Å²) in [5, 5.41) is 31.3.